The Morgan fingerprint density at radius 3 is 1.88 bits per heavy atom. The van der Waals surface area contributed by atoms with Gasteiger partial charge in [0.25, 0.3) is 0 Å². The van der Waals surface area contributed by atoms with Gasteiger partial charge in [-0.2, -0.15) is 5.90 Å². The number of hydrogen-bond donors (Lipinski definition) is 1. The third kappa shape index (κ3) is 5.11. The molecule has 0 atom stereocenters. The van der Waals surface area contributed by atoms with E-state index in [-0.39, 0.29) is 5.41 Å². The zero-order chi connectivity index (χ0) is 38.3. The first-order chi connectivity index (χ1) is 28.0. The zero-order valence-corrected chi connectivity index (χ0v) is 31.7. The molecule has 1 aliphatic rings. The summed E-state index contributed by atoms with van der Waals surface area (Å²) in [6.07, 6.45) is 0. The maximum absolute atomic E-state index is 6.43. The minimum absolute atomic E-state index is 0.128. The Morgan fingerprint density at radius 1 is 0.474 bits per heavy atom. The lowest BCUT2D eigenvalue weighted by atomic mass is 9.82. The first-order valence-electron chi connectivity index (χ1n) is 19.4. The number of benzene rings is 9. The van der Waals surface area contributed by atoms with E-state index in [1.807, 2.05) is 18.2 Å². The average Bonchev–Trinajstić information content (AvgIpc) is 3.76. The largest absolute Gasteiger partial charge is 0.455 e. The van der Waals surface area contributed by atoms with Crippen LogP contribution in [0.3, 0.4) is 0 Å². The molecule has 0 amide bonds. The van der Waals surface area contributed by atoms with Crippen molar-refractivity contribution in [3.63, 3.8) is 0 Å². The van der Waals surface area contributed by atoms with Crippen molar-refractivity contribution in [2.24, 2.45) is 5.90 Å². The Kier molecular flexibility index (Phi) is 7.40. The number of fused-ring (bicyclic) bond motifs is 9. The lowest BCUT2D eigenvalue weighted by molar-refractivity contribution is 0.339. The van der Waals surface area contributed by atoms with Gasteiger partial charge in [-0.25, -0.2) is 0 Å². The third-order valence-electron chi connectivity index (χ3n) is 12.1. The molecule has 272 valence electrons. The Morgan fingerprint density at radius 2 is 1.09 bits per heavy atom. The van der Waals surface area contributed by atoms with E-state index in [4.69, 9.17) is 15.2 Å². The molecule has 0 saturated carbocycles. The summed E-state index contributed by atoms with van der Waals surface area (Å²) in [4.78, 5) is 7.77. The topological polar surface area (TPSA) is 51.6 Å². The molecule has 11 rings (SSSR count). The summed E-state index contributed by atoms with van der Waals surface area (Å²) in [7, 11) is 0. The van der Waals surface area contributed by atoms with Gasteiger partial charge >= 0.3 is 0 Å². The molecule has 4 nitrogen and oxygen atoms in total. The summed E-state index contributed by atoms with van der Waals surface area (Å²) in [6.45, 7) is 4.67. The molecule has 10 aromatic rings. The zero-order valence-electron chi connectivity index (χ0n) is 31.7. The molecular formula is C53H38N2O2. The van der Waals surface area contributed by atoms with Crippen molar-refractivity contribution < 1.29 is 9.25 Å². The Hall–Kier alpha value is -7.14. The minimum Gasteiger partial charge on any atom is -0.455 e. The number of nitrogens with zero attached hydrogens (tertiary/aromatic N) is 1. The van der Waals surface area contributed by atoms with E-state index in [0.717, 1.165) is 82.8 Å². The van der Waals surface area contributed by atoms with Crippen molar-refractivity contribution >= 4 is 60.5 Å². The van der Waals surface area contributed by atoms with Crippen molar-refractivity contribution in [1.82, 2.24) is 0 Å². The highest BCUT2D eigenvalue weighted by molar-refractivity contribution is 6.15. The molecular weight excluding hydrogens is 697 g/mol. The first kappa shape index (κ1) is 33.2. The molecule has 0 saturated heterocycles. The van der Waals surface area contributed by atoms with Gasteiger partial charge in [0, 0.05) is 44.2 Å². The highest BCUT2D eigenvalue weighted by atomic mass is 16.6. The fraction of sp³-hybridized carbons (Fsp3) is 0.0566. The van der Waals surface area contributed by atoms with Crippen LogP contribution >= 0.6 is 0 Å². The van der Waals surface area contributed by atoms with Crippen LogP contribution in [0.25, 0.3) is 76.9 Å². The molecule has 0 fully saturated rings. The Bertz CT molecular complexity index is 3190. The van der Waals surface area contributed by atoms with Crippen LogP contribution in [0.2, 0.25) is 0 Å². The average molecular weight is 735 g/mol. The maximum atomic E-state index is 6.43. The van der Waals surface area contributed by atoms with Gasteiger partial charge in [0.2, 0.25) is 0 Å². The van der Waals surface area contributed by atoms with Crippen LogP contribution in [0.4, 0.5) is 17.1 Å². The van der Waals surface area contributed by atoms with Gasteiger partial charge in [-0.3, -0.25) is 0 Å². The number of anilines is 3. The number of nitrogens with two attached hydrogens (primary N) is 1. The predicted octanol–water partition coefficient (Wildman–Crippen LogP) is 14.3. The van der Waals surface area contributed by atoms with Crippen LogP contribution < -0.4 is 15.6 Å². The van der Waals surface area contributed by atoms with Crippen LogP contribution in [0, 0.1) is 0 Å². The predicted molar refractivity (Wildman–Crippen MR) is 237 cm³/mol. The van der Waals surface area contributed by atoms with E-state index in [1.165, 1.54) is 22.3 Å². The van der Waals surface area contributed by atoms with E-state index >= 15 is 0 Å². The van der Waals surface area contributed by atoms with Crippen LogP contribution in [0.15, 0.2) is 186 Å². The normalized spacial score (nSPS) is 13.0. The van der Waals surface area contributed by atoms with Gasteiger partial charge in [0.1, 0.15) is 11.2 Å². The van der Waals surface area contributed by atoms with Crippen LogP contribution in [0.1, 0.15) is 25.0 Å². The second-order valence-electron chi connectivity index (χ2n) is 15.5. The molecule has 2 N–H and O–H groups in total. The van der Waals surface area contributed by atoms with E-state index in [0.29, 0.717) is 5.75 Å². The molecule has 0 aliphatic heterocycles. The summed E-state index contributed by atoms with van der Waals surface area (Å²) in [6, 6.07) is 65.0. The molecule has 1 aliphatic carbocycles. The quantitative estimate of drug-likeness (QED) is 0.136. The van der Waals surface area contributed by atoms with Crippen molar-refractivity contribution in [1.29, 1.82) is 0 Å². The lowest BCUT2D eigenvalue weighted by Crippen LogP contribution is -2.16. The second-order valence-corrected chi connectivity index (χ2v) is 15.5. The van der Waals surface area contributed by atoms with E-state index in [9.17, 15) is 0 Å². The van der Waals surface area contributed by atoms with Crippen molar-refractivity contribution in [2.75, 3.05) is 4.90 Å². The van der Waals surface area contributed by atoms with Crippen molar-refractivity contribution in [2.45, 2.75) is 19.3 Å². The molecule has 1 heterocycles. The molecule has 9 aromatic carbocycles. The van der Waals surface area contributed by atoms with E-state index < -0.39 is 0 Å². The standard InChI is InChI=1S/C53H38N2O2/c1-53(2)47-16-7-5-12-42(47)43-29-27-38(32-48(43)53)55(37-25-20-35(21-26-37)41-14-9-15-46-44-13-6-8-17-49(44)56-52(41)46)36-23-18-34(19-24-36)39-30-31-50(57-54)51-40-11-4-3-10-33(40)22-28-45(39)51/h3-32H,54H2,1-2H3. The van der Waals surface area contributed by atoms with Gasteiger partial charge in [0.05, 0.1) is 0 Å². The van der Waals surface area contributed by atoms with Crippen molar-refractivity contribution in [3.8, 4) is 39.1 Å². The number of furan rings is 1. The number of hydrogen-bond acceptors (Lipinski definition) is 4. The fourth-order valence-corrected chi connectivity index (χ4v) is 9.28. The van der Waals surface area contributed by atoms with Gasteiger partial charge in [-0.15, -0.1) is 0 Å². The number of rotatable bonds is 6. The minimum atomic E-state index is -0.128. The first-order valence-corrected chi connectivity index (χ1v) is 19.4. The number of para-hydroxylation sites is 2. The molecule has 0 unspecified atom stereocenters. The molecule has 4 heteroatoms. The van der Waals surface area contributed by atoms with E-state index in [1.54, 1.807) is 0 Å². The van der Waals surface area contributed by atoms with Gasteiger partial charge in [-0.05, 0) is 110 Å². The summed E-state index contributed by atoms with van der Waals surface area (Å²) >= 11 is 0. The maximum Gasteiger partial charge on any atom is 0.155 e. The van der Waals surface area contributed by atoms with Gasteiger partial charge in [0.15, 0.2) is 5.75 Å². The molecule has 0 bridgehead atoms. The summed E-state index contributed by atoms with van der Waals surface area (Å²) < 4.78 is 6.43. The summed E-state index contributed by atoms with van der Waals surface area (Å²) in [5.74, 6) is 6.47. The second kappa shape index (κ2) is 12.7. The van der Waals surface area contributed by atoms with Crippen molar-refractivity contribution in [3.05, 3.63) is 193 Å². The fourth-order valence-electron chi connectivity index (χ4n) is 9.28. The van der Waals surface area contributed by atoms with Crippen LogP contribution in [-0.4, -0.2) is 0 Å². The van der Waals surface area contributed by atoms with Crippen LogP contribution in [0.5, 0.6) is 5.75 Å². The van der Waals surface area contributed by atoms with Crippen LogP contribution in [-0.2, 0) is 5.41 Å². The lowest BCUT2D eigenvalue weighted by Gasteiger charge is -2.28. The Labute approximate surface area is 330 Å². The highest BCUT2D eigenvalue weighted by Crippen LogP contribution is 2.51. The summed E-state index contributed by atoms with van der Waals surface area (Å²) in [5.41, 5.74) is 14.6. The highest BCUT2D eigenvalue weighted by Gasteiger charge is 2.35. The summed E-state index contributed by atoms with van der Waals surface area (Å²) in [5, 5.41) is 6.62. The Balaban J connectivity index is 1.04. The molecule has 0 radical (unpaired) electrons. The van der Waals surface area contributed by atoms with Gasteiger partial charge in [-0.1, -0.05) is 141 Å². The third-order valence-corrected chi connectivity index (χ3v) is 12.1. The molecule has 1 aromatic heterocycles. The SMILES string of the molecule is CC1(C)c2ccccc2-c2ccc(N(c3ccc(-c4ccc(ON)c5c4ccc4ccccc45)cc3)c3ccc(-c4cccc5c4oc4ccccc45)cc3)cc21. The smallest absolute Gasteiger partial charge is 0.155 e. The molecule has 0 spiro atoms. The van der Waals surface area contributed by atoms with E-state index in [2.05, 4.69) is 183 Å². The molecule has 57 heavy (non-hydrogen) atoms. The monoisotopic (exact) mass is 734 g/mol. The van der Waals surface area contributed by atoms with Gasteiger partial charge < -0.3 is 14.2 Å².